The lowest BCUT2D eigenvalue weighted by atomic mass is 9.77. The van der Waals surface area contributed by atoms with Gasteiger partial charge in [0.15, 0.2) is 0 Å². The SMILES string of the molecule is CCN(CC)c1ccc(C2C3C(=O)CC(c4ccco4)C=C3Nc3ccccc3N2C(C)=O)cc1. The third-order valence-corrected chi connectivity index (χ3v) is 7.13. The zero-order chi connectivity index (χ0) is 24.5. The van der Waals surface area contributed by atoms with Gasteiger partial charge in [-0.3, -0.25) is 9.59 Å². The van der Waals surface area contributed by atoms with Crippen LogP contribution >= 0.6 is 0 Å². The van der Waals surface area contributed by atoms with Crippen LogP contribution in [0, 0.1) is 5.92 Å². The van der Waals surface area contributed by atoms with Gasteiger partial charge >= 0.3 is 0 Å². The number of allylic oxidation sites excluding steroid dienone is 1. The number of furan rings is 1. The van der Waals surface area contributed by atoms with Gasteiger partial charge in [-0.1, -0.05) is 30.3 Å². The molecule has 1 amide bonds. The molecule has 0 saturated heterocycles. The van der Waals surface area contributed by atoms with Crippen LogP contribution in [0.1, 0.15) is 50.5 Å². The van der Waals surface area contributed by atoms with E-state index in [1.807, 2.05) is 36.4 Å². The van der Waals surface area contributed by atoms with E-state index in [0.29, 0.717) is 6.42 Å². The molecule has 35 heavy (non-hydrogen) atoms. The molecule has 1 aliphatic heterocycles. The van der Waals surface area contributed by atoms with E-state index in [1.165, 1.54) is 0 Å². The molecule has 2 heterocycles. The molecule has 2 aliphatic rings. The van der Waals surface area contributed by atoms with Crippen LogP contribution in [-0.4, -0.2) is 24.8 Å². The van der Waals surface area contributed by atoms with E-state index < -0.39 is 12.0 Å². The molecule has 2 aromatic carbocycles. The highest BCUT2D eigenvalue weighted by atomic mass is 16.3. The topological polar surface area (TPSA) is 65.8 Å². The van der Waals surface area contributed by atoms with E-state index in [1.54, 1.807) is 18.1 Å². The van der Waals surface area contributed by atoms with Crippen molar-refractivity contribution in [2.75, 3.05) is 28.2 Å². The zero-order valence-corrected chi connectivity index (χ0v) is 20.4. The minimum atomic E-state index is -0.503. The summed E-state index contributed by atoms with van der Waals surface area (Å²) in [6.07, 6.45) is 4.07. The van der Waals surface area contributed by atoms with Crippen molar-refractivity contribution in [3.05, 3.63) is 90.0 Å². The van der Waals surface area contributed by atoms with Gasteiger partial charge in [-0.15, -0.1) is 0 Å². The molecule has 0 spiro atoms. The summed E-state index contributed by atoms with van der Waals surface area (Å²) >= 11 is 0. The number of fused-ring (bicyclic) bond motifs is 2. The third-order valence-electron chi connectivity index (χ3n) is 7.13. The van der Waals surface area contributed by atoms with Crippen LogP contribution in [-0.2, 0) is 9.59 Å². The average molecular weight is 470 g/mol. The highest BCUT2D eigenvalue weighted by molar-refractivity contribution is 6.00. The summed E-state index contributed by atoms with van der Waals surface area (Å²) < 4.78 is 5.64. The number of hydrogen-bond donors (Lipinski definition) is 1. The molecule has 1 N–H and O–H groups in total. The molecule has 180 valence electrons. The van der Waals surface area contributed by atoms with Gasteiger partial charge in [0.1, 0.15) is 11.5 Å². The molecule has 1 aliphatic carbocycles. The summed E-state index contributed by atoms with van der Waals surface area (Å²) in [4.78, 5) is 31.0. The summed E-state index contributed by atoms with van der Waals surface area (Å²) in [5.41, 5.74) is 4.47. The predicted octanol–water partition coefficient (Wildman–Crippen LogP) is 5.90. The fourth-order valence-corrected chi connectivity index (χ4v) is 5.47. The maximum Gasteiger partial charge on any atom is 0.224 e. The third kappa shape index (κ3) is 4.14. The number of rotatable bonds is 5. The summed E-state index contributed by atoms with van der Waals surface area (Å²) in [6, 6.07) is 19.4. The molecule has 6 nitrogen and oxygen atoms in total. The largest absolute Gasteiger partial charge is 0.469 e. The molecule has 1 aromatic heterocycles. The van der Waals surface area contributed by atoms with Crippen molar-refractivity contribution < 1.29 is 14.0 Å². The minimum Gasteiger partial charge on any atom is -0.469 e. The van der Waals surface area contributed by atoms with Crippen molar-refractivity contribution in [1.29, 1.82) is 0 Å². The second kappa shape index (κ2) is 9.45. The fraction of sp³-hybridized carbons (Fsp3) is 0.310. The van der Waals surface area contributed by atoms with Gasteiger partial charge in [-0.05, 0) is 55.8 Å². The van der Waals surface area contributed by atoms with Gasteiger partial charge < -0.3 is 19.5 Å². The van der Waals surface area contributed by atoms with Crippen LogP contribution in [0.25, 0.3) is 0 Å². The Labute approximate surface area is 206 Å². The standard InChI is InChI=1S/C29H31N3O3/c1-4-31(5-2)22-14-12-20(13-15-22)29-28-24(17-21(18-26(28)34)27-11-8-16-35-27)30-23-9-6-7-10-25(23)32(29)19(3)33/h6-17,21,28-30H,4-5,18H2,1-3H3. The van der Waals surface area contributed by atoms with Gasteiger partial charge in [-0.25, -0.2) is 0 Å². The number of nitrogens with one attached hydrogen (secondary N) is 1. The Morgan fingerprint density at radius 3 is 2.46 bits per heavy atom. The summed E-state index contributed by atoms with van der Waals surface area (Å²) in [5.74, 6) is 0.120. The van der Waals surface area contributed by atoms with Gasteiger partial charge in [0, 0.05) is 43.7 Å². The number of hydrogen-bond acceptors (Lipinski definition) is 5. The number of carbonyl (C=O) groups is 2. The number of Topliss-reactive ketones (excluding diaryl/α,β-unsaturated/α-hetero) is 1. The second-order valence-electron chi connectivity index (χ2n) is 9.13. The number of ketones is 1. The molecular formula is C29H31N3O3. The quantitative estimate of drug-likeness (QED) is 0.504. The van der Waals surface area contributed by atoms with Gasteiger partial charge in [0.2, 0.25) is 5.91 Å². The Morgan fingerprint density at radius 2 is 1.80 bits per heavy atom. The molecule has 5 rings (SSSR count). The fourth-order valence-electron chi connectivity index (χ4n) is 5.47. The Morgan fingerprint density at radius 1 is 1.06 bits per heavy atom. The van der Waals surface area contributed by atoms with Crippen LogP contribution in [0.4, 0.5) is 17.1 Å². The first-order valence-corrected chi connectivity index (χ1v) is 12.3. The van der Waals surface area contributed by atoms with E-state index in [9.17, 15) is 9.59 Å². The van der Waals surface area contributed by atoms with Crippen molar-refractivity contribution in [1.82, 2.24) is 0 Å². The molecule has 3 unspecified atom stereocenters. The Bertz CT molecular complexity index is 1240. The van der Waals surface area contributed by atoms with Gasteiger partial charge in [0.05, 0.1) is 29.6 Å². The predicted molar refractivity (Wildman–Crippen MR) is 139 cm³/mol. The molecule has 0 fully saturated rings. The van der Waals surface area contributed by atoms with Crippen molar-refractivity contribution >= 4 is 28.8 Å². The van der Waals surface area contributed by atoms with E-state index in [-0.39, 0.29) is 17.6 Å². The average Bonchev–Trinajstić information content (AvgIpc) is 3.35. The van der Waals surface area contributed by atoms with E-state index in [4.69, 9.17) is 4.42 Å². The maximum absolute atomic E-state index is 13.8. The lowest BCUT2D eigenvalue weighted by Crippen LogP contribution is -2.41. The zero-order valence-electron chi connectivity index (χ0n) is 20.4. The van der Waals surface area contributed by atoms with Crippen LogP contribution in [0.2, 0.25) is 0 Å². The molecule has 0 bridgehead atoms. The molecule has 6 heteroatoms. The monoisotopic (exact) mass is 469 g/mol. The van der Waals surface area contributed by atoms with E-state index in [0.717, 1.165) is 47.2 Å². The summed E-state index contributed by atoms with van der Waals surface area (Å²) in [7, 11) is 0. The van der Waals surface area contributed by atoms with Crippen molar-refractivity contribution in [2.45, 2.75) is 39.2 Å². The van der Waals surface area contributed by atoms with Crippen molar-refractivity contribution in [2.24, 2.45) is 5.92 Å². The number of amides is 1. The summed E-state index contributed by atoms with van der Waals surface area (Å²) in [6.45, 7) is 7.67. The molecule has 3 aromatic rings. The number of anilines is 3. The number of carbonyl (C=O) groups excluding carboxylic acids is 2. The first-order valence-electron chi connectivity index (χ1n) is 12.3. The van der Waals surface area contributed by atoms with Crippen LogP contribution in [0.15, 0.2) is 83.1 Å². The van der Waals surface area contributed by atoms with Gasteiger partial charge in [-0.2, -0.15) is 0 Å². The lowest BCUT2D eigenvalue weighted by molar-refractivity contribution is -0.123. The van der Waals surface area contributed by atoms with Crippen LogP contribution in [0.5, 0.6) is 0 Å². The van der Waals surface area contributed by atoms with E-state index >= 15 is 0 Å². The first-order chi connectivity index (χ1) is 17.0. The Kier molecular flexibility index (Phi) is 6.20. The van der Waals surface area contributed by atoms with Crippen molar-refractivity contribution in [3.63, 3.8) is 0 Å². The number of para-hydroxylation sites is 2. The van der Waals surface area contributed by atoms with Gasteiger partial charge in [0.25, 0.3) is 0 Å². The highest BCUT2D eigenvalue weighted by Gasteiger charge is 2.44. The van der Waals surface area contributed by atoms with Crippen LogP contribution in [0.3, 0.4) is 0 Å². The summed E-state index contributed by atoms with van der Waals surface area (Å²) in [5, 5.41) is 3.51. The highest BCUT2D eigenvalue weighted by Crippen LogP contribution is 2.48. The van der Waals surface area contributed by atoms with Crippen molar-refractivity contribution in [3.8, 4) is 0 Å². The number of benzene rings is 2. The number of nitrogens with zero attached hydrogens (tertiary/aromatic N) is 2. The normalized spacial score (nSPS) is 21.3. The first kappa shape index (κ1) is 23.0. The second-order valence-corrected chi connectivity index (χ2v) is 9.13. The van der Waals surface area contributed by atoms with E-state index in [2.05, 4.69) is 54.4 Å². The molecular weight excluding hydrogens is 438 g/mol. The molecule has 0 saturated carbocycles. The van der Waals surface area contributed by atoms with Crippen LogP contribution < -0.4 is 15.1 Å². The maximum atomic E-state index is 13.8. The Hall–Kier alpha value is -3.80. The smallest absolute Gasteiger partial charge is 0.224 e. The molecule has 3 atom stereocenters. The minimum absolute atomic E-state index is 0.0910. The Balaban J connectivity index is 1.66. The lowest BCUT2D eigenvalue weighted by Gasteiger charge is -2.37. The molecule has 0 radical (unpaired) electrons.